The molecule has 0 aliphatic carbocycles. The van der Waals surface area contributed by atoms with Crippen molar-refractivity contribution in [2.45, 2.75) is 0 Å². The zero-order valence-electron chi connectivity index (χ0n) is 17.7. The van der Waals surface area contributed by atoms with Crippen molar-refractivity contribution in [3.05, 3.63) is 106 Å². The van der Waals surface area contributed by atoms with E-state index >= 15 is 0 Å². The van der Waals surface area contributed by atoms with Gasteiger partial charge in [0, 0.05) is 18.2 Å². The van der Waals surface area contributed by atoms with Gasteiger partial charge in [-0.05, 0) is 12.1 Å². The highest BCUT2D eigenvalue weighted by molar-refractivity contribution is 6.27. The van der Waals surface area contributed by atoms with Gasteiger partial charge in [0.2, 0.25) is 0 Å². The van der Waals surface area contributed by atoms with Crippen LogP contribution in [0.15, 0.2) is 60.7 Å². The van der Waals surface area contributed by atoms with Gasteiger partial charge >= 0.3 is 0 Å². The monoisotopic (exact) mass is 449 g/mol. The first-order valence-electron chi connectivity index (χ1n) is 9.91. The molecule has 2 N–H and O–H groups in total. The highest BCUT2D eigenvalue weighted by Crippen LogP contribution is 2.35. The first kappa shape index (κ1) is 21.9. The third-order valence-corrected chi connectivity index (χ3v) is 5.26. The van der Waals surface area contributed by atoms with E-state index in [-0.39, 0.29) is 33.6 Å². The van der Waals surface area contributed by atoms with E-state index < -0.39 is 23.6 Å². The fourth-order valence-corrected chi connectivity index (χ4v) is 3.45. The van der Waals surface area contributed by atoms with Crippen molar-refractivity contribution in [3.63, 3.8) is 0 Å². The average molecular weight is 449 g/mol. The Morgan fingerprint density at radius 2 is 1.03 bits per heavy atom. The second-order valence-electron chi connectivity index (χ2n) is 7.31. The van der Waals surface area contributed by atoms with Gasteiger partial charge in [-0.3, -0.25) is 24.1 Å². The van der Waals surface area contributed by atoms with Crippen LogP contribution in [-0.2, 0) is 0 Å². The molecule has 4 amide bonds. The molecule has 0 spiro atoms. The zero-order chi connectivity index (χ0) is 24.4. The van der Waals surface area contributed by atoms with Gasteiger partial charge in [-0.2, -0.15) is 0 Å². The maximum atomic E-state index is 12.8. The third kappa shape index (κ3) is 3.85. The molecule has 0 atom stereocenters. The molecule has 1 heterocycles. The molecular weight excluding hydrogens is 434 g/mol. The Bertz CT molecular complexity index is 1330. The standard InChI is InChI=1S/C25H15N5O4/c1-26-16-8-4-14(5-9-16)22(31)28-18-12-13-19(21-20(18)24(33)30(3)25(21)34)29-23(32)15-6-10-17(27-2)11-7-15/h4-13H,3H3,(H,28,31)(H,29,32). The molecule has 3 aromatic rings. The number of rotatable bonds is 4. The predicted molar refractivity (Wildman–Crippen MR) is 124 cm³/mol. The Labute approximate surface area is 194 Å². The van der Waals surface area contributed by atoms with Crippen molar-refractivity contribution < 1.29 is 19.2 Å². The van der Waals surface area contributed by atoms with Gasteiger partial charge < -0.3 is 10.6 Å². The normalized spacial score (nSPS) is 11.9. The lowest BCUT2D eigenvalue weighted by molar-refractivity contribution is 0.0693. The third-order valence-electron chi connectivity index (χ3n) is 5.26. The summed E-state index contributed by atoms with van der Waals surface area (Å²) < 4.78 is 0. The minimum absolute atomic E-state index is 0.0280. The lowest BCUT2D eigenvalue weighted by Gasteiger charge is -2.13. The van der Waals surface area contributed by atoms with Crippen molar-refractivity contribution >= 4 is 46.4 Å². The summed E-state index contributed by atoms with van der Waals surface area (Å²) in [5.41, 5.74) is 1.48. The summed E-state index contributed by atoms with van der Waals surface area (Å²) in [5, 5.41) is 5.27. The number of carbonyl (C=O) groups is 4. The van der Waals surface area contributed by atoms with Crippen LogP contribution in [0, 0.1) is 13.1 Å². The van der Waals surface area contributed by atoms with Gasteiger partial charge in [0.25, 0.3) is 23.6 Å². The Kier molecular flexibility index (Phi) is 5.61. The molecule has 1 aliphatic rings. The summed E-state index contributed by atoms with van der Waals surface area (Å²) in [6.07, 6.45) is 0. The van der Waals surface area contributed by atoms with Crippen LogP contribution in [0.2, 0.25) is 0 Å². The molecule has 164 valence electrons. The van der Waals surface area contributed by atoms with Crippen LogP contribution < -0.4 is 10.6 Å². The Balaban J connectivity index is 1.67. The number of hydrogen-bond donors (Lipinski definition) is 2. The highest BCUT2D eigenvalue weighted by atomic mass is 16.2. The van der Waals surface area contributed by atoms with E-state index in [1.54, 1.807) is 0 Å². The van der Waals surface area contributed by atoms with E-state index in [1.807, 2.05) is 0 Å². The smallest absolute Gasteiger partial charge is 0.263 e. The zero-order valence-corrected chi connectivity index (χ0v) is 17.7. The van der Waals surface area contributed by atoms with E-state index in [0.717, 1.165) is 4.90 Å². The number of nitrogens with zero attached hydrogens (tertiary/aromatic N) is 3. The first-order valence-corrected chi connectivity index (χ1v) is 9.91. The Morgan fingerprint density at radius 3 is 1.35 bits per heavy atom. The van der Waals surface area contributed by atoms with Crippen LogP contribution in [0.4, 0.5) is 22.7 Å². The molecule has 9 nitrogen and oxygen atoms in total. The number of benzene rings is 3. The number of nitrogens with one attached hydrogen (secondary N) is 2. The number of hydrogen-bond acceptors (Lipinski definition) is 4. The SMILES string of the molecule is [C-]#[N+]c1ccc(C(=O)Nc2ccc(NC(=O)c3ccc([N+]#[C-])cc3)c3c2C(=O)N(C)C3=O)cc1. The molecule has 0 unspecified atom stereocenters. The van der Waals surface area contributed by atoms with E-state index in [4.69, 9.17) is 13.1 Å². The molecule has 0 aromatic heterocycles. The van der Waals surface area contributed by atoms with Crippen molar-refractivity contribution in [3.8, 4) is 0 Å². The first-order chi connectivity index (χ1) is 16.3. The van der Waals surface area contributed by atoms with Gasteiger partial charge in [-0.25, -0.2) is 9.69 Å². The quantitative estimate of drug-likeness (QED) is 0.451. The van der Waals surface area contributed by atoms with Crippen molar-refractivity contribution in [1.29, 1.82) is 0 Å². The Morgan fingerprint density at radius 1 is 0.676 bits per heavy atom. The summed E-state index contributed by atoms with van der Waals surface area (Å²) in [6, 6.07) is 14.8. The van der Waals surface area contributed by atoms with Gasteiger partial charge in [0.15, 0.2) is 11.4 Å². The number of imide groups is 1. The summed E-state index contributed by atoms with van der Waals surface area (Å²) in [6.45, 7) is 14.0. The lowest BCUT2D eigenvalue weighted by Crippen LogP contribution is -2.25. The lowest BCUT2D eigenvalue weighted by atomic mass is 10.0. The van der Waals surface area contributed by atoms with Crippen molar-refractivity contribution in [2.24, 2.45) is 0 Å². The number of anilines is 2. The predicted octanol–water partition coefficient (Wildman–Crippen LogP) is 4.52. The number of fused-ring (bicyclic) bond motifs is 1. The maximum Gasteiger partial charge on any atom is 0.263 e. The fourth-order valence-electron chi connectivity index (χ4n) is 3.45. The minimum atomic E-state index is -0.615. The second-order valence-corrected chi connectivity index (χ2v) is 7.31. The Hall–Kier alpha value is -5.28. The van der Waals surface area contributed by atoms with Gasteiger partial charge in [-0.15, -0.1) is 0 Å². The second kappa shape index (κ2) is 8.69. The van der Waals surface area contributed by atoms with E-state index in [1.165, 1.54) is 67.7 Å². The summed E-state index contributed by atoms with van der Waals surface area (Å²) in [4.78, 5) is 58.4. The maximum absolute atomic E-state index is 12.8. The minimum Gasteiger partial charge on any atom is -0.321 e. The fraction of sp³-hybridized carbons (Fsp3) is 0.0400. The van der Waals surface area contributed by atoms with E-state index in [2.05, 4.69) is 20.3 Å². The van der Waals surface area contributed by atoms with Gasteiger partial charge in [0.05, 0.1) is 35.6 Å². The topological polar surface area (TPSA) is 104 Å². The molecule has 4 rings (SSSR count). The van der Waals surface area contributed by atoms with E-state index in [0.29, 0.717) is 11.4 Å². The van der Waals surface area contributed by atoms with Crippen molar-refractivity contribution in [1.82, 2.24) is 4.90 Å². The van der Waals surface area contributed by atoms with Gasteiger partial charge in [-0.1, -0.05) is 48.5 Å². The number of amides is 4. The molecule has 34 heavy (non-hydrogen) atoms. The van der Waals surface area contributed by atoms with Crippen molar-refractivity contribution in [2.75, 3.05) is 17.7 Å². The number of carbonyl (C=O) groups excluding carboxylic acids is 4. The molecule has 0 saturated heterocycles. The largest absolute Gasteiger partial charge is 0.321 e. The summed E-state index contributed by atoms with van der Waals surface area (Å²) in [7, 11) is 1.31. The summed E-state index contributed by atoms with van der Waals surface area (Å²) >= 11 is 0. The van der Waals surface area contributed by atoms with E-state index in [9.17, 15) is 19.2 Å². The van der Waals surface area contributed by atoms with Crippen LogP contribution >= 0.6 is 0 Å². The summed E-state index contributed by atoms with van der Waals surface area (Å²) in [5.74, 6) is -2.28. The average Bonchev–Trinajstić information content (AvgIpc) is 3.10. The van der Waals surface area contributed by atoms with Crippen LogP contribution in [0.1, 0.15) is 41.4 Å². The molecule has 9 heteroatoms. The van der Waals surface area contributed by atoms with Crippen LogP contribution in [0.25, 0.3) is 9.69 Å². The molecule has 0 fully saturated rings. The molecule has 0 bridgehead atoms. The molecule has 0 radical (unpaired) electrons. The molecule has 3 aromatic carbocycles. The van der Waals surface area contributed by atoms with Gasteiger partial charge in [0.1, 0.15) is 0 Å². The molecular formula is C25H15N5O4. The van der Waals surface area contributed by atoms with Crippen LogP contribution in [0.5, 0.6) is 0 Å². The molecule has 0 saturated carbocycles. The van der Waals surface area contributed by atoms with Crippen LogP contribution in [-0.4, -0.2) is 35.6 Å². The molecule has 1 aliphatic heterocycles. The highest BCUT2D eigenvalue weighted by Gasteiger charge is 2.38. The van der Waals surface area contributed by atoms with Crippen LogP contribution in [0.3, 0.4) is 0 Å².